The summed E-state index contributed by atoms with van der Waals surface area (Å²) in [5.41, 5.74) is 0. The van der Waals surface area contributed by atoms with Crippen LogP contribution in [0.2, 0.25) is 0 Å². The van der Waals surface area contributed by atoms with Gasteiger partial charge in [-0.1, -0.05) is 6.07 Å². The van der Waals surface area contributed by atoms with Gasteiger partial charge in [0.2, 0.25) is 9.84 Å². The molecule has 0 saturated carbocycles. The van der Waals surface area contributed by atoms with Gasteiger partial charge < -0.3 is 9.15 Å². The number of thiophene rings is 1. The van der Waals surface area contributed by atoms with Gasteiger partial charge in [-0.05, 0) is 23.6 Å². The van der Waals surface area contributed by atoms with Gasteiger partial charge in [0.25, 0.3) is 0 Å². The van der Waals surface area contributed by atoms with Crippen molar-refractivity contribution in [3.05, 3.63) is 46.1 Å². The van der Waals surface area contributed by atoms with Crippen LogP contribution in [0.1, 0.15) is 18.4 Å². The van der Waals surface area contributed by atoms with Crippen LogP contribution in [0.4, 0.5) is 0 Å². The van der Waals surface area contributed by atoms with Crippen LogP contribution in [0, 0.1) is 11.3 Å². The summed E-state index contributed by atoms with van der Waals surface area (Å²) in [7, 11) is -3.85. The van der Waals surface area contributed by atoms with Crippen LogP contribution in [-0.2, 0) is 26.0 Å². The third-order valence-electron chi connectivity index (χ3n) is 2.53. The first kappa shape index (κ1) is 16.0. The van der Waals surface area contributed by atoms with Crippen LogP contribution in [0.5, 0.6) is 0 Å². The molecule has 0 radical (unpaired) electrons. The smallest absolute Gasteiger partial charge is 0.303 e. The first-order chi connectivity index (χ1) is 10.4. The molecular formula is C14H11NO5S2. The van der Waals surface area contributed by atoms with E-state index in [-0.39, 0.29) is 16.6 Å². The van der Waals surface area contributed by atoms with E-state index >= 15 is 0 Å². The number of nitriles is 1. The SMILES string of the molecule is CC(=O)OCc1ccc(/C=C(\C#N)S(=O)(=O)c2cccs2)o1. The van der Waals surface area contributed by atoms with Gasteiger partial charge in [0.05, 0.1) is 0 Å². The number of rotatable bonds is 5. The minimum Gasteiger partial charge on any atom is -0.458 e. The number of carbonyl (C=O) groups excluding carboxylic acids is 1. The lowest BCUT2D eigenvalue weighted by Gasteiger charge is -1.99. The summed E-state index contributed by atoms with van der Waals surface area (Å²) in [6.07, 6.45) is 1.15. The Bertz CT molecular complexity index is 838. The summed E-state index contributed by atoms with van der Waals surface area (Å²) in [6, 6.07) is 7.74. The third kappa shape index (κ3) is 3.63. The number of ether oxygens (including phenoxy) is 1. The second-order valence-corrected chi connectivity index (χ2v) is 7.23. The Morgan fingerprint density at radius 1 is 1.45 bits per heavy atom. The highest BCUT2D eigenvalue weighted by Crippen LogP contribution is 2.25. The maximum atomic E-state index is 12.3. The van der Waals surface area contributed by atoms with Crippen molar-refractivity contribution in [2.75, 3.05) is 0 Å². The van der Waals surface area contributed by atoms with E-state index in [1.807, 2.05) is 0 Å². The summed E-state index contributed by atoms with van der Waals surface area (Å²) < 4.78 is 34.7. The molecule has 0 aliphatic heterocycles. The van der Waals surface area contributed by atoms with Crippen molar-refractivity contribution in [2.24, 2.45) is 0 Å². The molecule has 2 aromatic rings. The van der Waals surface area contributed by atoms with Gasteiger partial charge >= 0.3 is 5.97 Å². The number of nitrogens with zero attached hydrogens (tertiary/aromatic N) is 1. The van der Waals surface area contributed by atoms with Crippen molar-refractivity contribution in [1.82, 2.24) is 0 Å². The fraction of sp³-hybridized carbons (Fsp3) is 0.143. The Kier molecular flexibility index (Phi) is 4.80. The summed E-state index contributed by atoms with van der Waals surface area (Å²) in [6.45, 7) is 1.22. The molecule has 2 aromatic heterocycles. The number of hydrogen-bond acceptors (Lipinski definition) is 7. The summed E-state index contributed by atoms with van der Waals surface area (Å²) >= 11 is 1.03. The largest absolute Gasteiger partial charge is 0.458 e. The van der Waals surface area contributed by atoms with Gasteiger partial charge in [-0.2, -0.15) is 5.26 Å². The van der Waals surface area contributed by atoms with E-state index in [0.29, 0.717) is 5.76 Å². The Morgan fingerprint density at radius 2 is 2.23 bits per heavy atom. The summed E-state index contributed by atoms with van der Waals surface area (Å²) in [5, 5.41) is 10.7. The second kappa shape index (κ2) is 6.60. The molecule has 0 amide bonds. The predicted molar refractivity (Wildman–Crippen MR) is 79.3 cm³/mol. The summed E-state index contributed by atoms with van der Waals surface area (Å²) in [5.74, 6) is 0.0950. The molecule has 0 N–H and O–H groups in total. The molecular weight excluding hydrogens is 326 g/mol. The Balaban J connectivity index is 2.27. The van der Waals surface area contributed by atoms with Crippen molar-refractivity contribution >= 4 is 33.2 Å². The lowest BCUT2D eigenvalue weighted by molar-refractivity contribution is -0.142. The van der Waals surface area contributed by atoms with Crippen LogP contribution in [0.3, 0.4) is 0 Å². The van der Waals surface area contributed by atoms with Crippen molar-refractivity contribution in [3.63, 3.8) is 0 Å². The fourth-order valence-corrected chi connectivity index (χ4v) is 3.80. The lowest BCUT2D eigenvalue weighted by atomic mass is 10.4. The zero-order chi connectivity index (χ0) is 16.2. The first-order valence-electron chi connectivity index (χ1n) is 6.06. The Morgan fingerprint density at radius 3 is 2.82 bits per heavy atom. The zero-order valence-corrected chi connectivity index (χ0v) is 13.1. The maximum Gasteiger partial charge on any atom is 0.303 e. The van der Waals surface area contributed by atoms with E-state index in [2.05, 4.69) is 0 Å². The van der Waals surface area contributed by atoms with Gasteiger partial charge in [-0.25, -0.2) is 8.42 Å². The van der Waals surface area contributed by atoms with Gasteiger partial charge in [-0.3, -0.25) is 4.79 Å². The Hall–Kier alpha value is -2.37. The molecule has 2 heterocycles. The van der Waals surface area contributed by atoms with E-state index in [4.69, 9.17) is 14.4 Å². The molecule has 0 aliphatic rings. The second-order valence-electron chi connectivity index (χ2n) is 4.14. The number of hydrogen-bond donors (Lipinski definition) is 0. The molecule has 114 valence electrons. The van der Waals surface area contributed by atoms with Crippen molar-refractivity contribution in [3.8, 4) is 6.07 Å². The van der Waals surface area contributed by atoms with Crippen molar-refractivity contribution in [1.29, 1.82) is 5.26 Å². The molecule has 0 saturated heterocycles. The normalized spacial score (nSPS) is 11.9. The van der Waals surface area contributed by atoms with Gasteiger partial charge in [-0.15, -0.1) is 11.3 Å². The number of esters is 1. The fourth-order valence-electron chi connectivity index (χ4n) is 1.55. The van der Waals surface area contributed by atoms with E-state index < -0.39 is 20.7 Å². The quantitative estimate of drug-likeness (QED) is 0.614. The van der Waals surface area contributed by atoms with Crippen molar-refractivity contribution < 1.29 is 22.4 Å². The van der Waals surface area contributed by atoms with Gasteiger partial charge in [0.1, 0.15) is 28.4 Å². The molecule has 8 heteroatoms. The van der Waals surface area contributed by atoms with Crippen LogP contribution in [-0.4, -0.2) is 14.4 Å². The zero-order valence-electron chi connectivity index (χ0n) is 11.5. The molecule has 6 nitrogen and oxygen atoms in total. The van der Waals surface area contributed by atoms with Gasteiger partial charge in [0.15, 0.2) is 4.91 Å². The molecule has 0 fully saturated rings. The number of sulfone groups is 1. The van der Waals surface area contributed by atoms with Crippen molar-refractivity contribution in [2.45, 2.75) is 17.7 Å². The van der Waals surface area contributed by atoms with Crippen LogP contribution in [0.15, 0.2) is 43.2 Å². The number of allylic oxidation sites excluding steroid dienone is 1. The first-order valence-corrected chi connectivity index (χ1v) is 8.42. The maximum absolute atomic E-state index is 12.3. The topological polar surface area (TPSA) is 97.4 Å². The van der Waals surface area contributed by atoms with Crippen LogP contribution >= 0.6 is 11.3 Å². The van der Waals surface area contributed by atoms with E-state index in [0.717, 1.165) is 17.4 Å². The average Bonchev–Trinajstić information content (AvgIpc) is 3.14. The van der Waals surface area contributed by atoms with Crippen LogP contribution in [0.25, 0.3) is 6.08 Å². The van der Waals surface area contributed by atoms with Crippen LogP contribution < -0.4 is 0 Å². The minimum atomic E-state index is -3.85. The molecule has 0 bridgehead atoms. The predicted octanol–water partition coefficient (Wildman–Crippen LogP) is 2.74. The average molecular weight is 337 g/mol. The molecule has 0 atom stereocenters. The van der Waals surface area contributed by atoms with E-state index in [1.54, 1.807) is 23.6 Å². The Labute approximate surface area is 131 Å². The highest BCUT2D eigenvalue weighted by atomic mass is 32.2. The molecule has 0 spiro atoms. The number of furan rings is 1. The highest BCUT2D eigenvalue weighted by molar-refractivity contribution is 7.97. The highest BCUT2D eigenvalue weighted by Gasteiger charge is 2.22. The standard InChI is InChI=1S/C14H11NO5S2/c1-10(16)19-9-12-5-4-11(20-12)7-13(8-15)22(17,18)14-3-2-6-21-14/h2-7H,9H2,1H3/b13-7+. The molecule has 0 aromatic carbocycles. The lowest BCUT2D eigenvalue weighted by Crippen LogP contribution is -2.01. The molecule has 22 heavy (non-hydrogen) atoms. The van der Waals surface area contributed by atoms with Gasteiger partial charge in [0, 0.05) is 13.0 Å². The third-order valence-corrected chi connectivity index (χ3v) is 5.60. The van der Waals surface area contributed by atoms with E-state index in [1.165, 1.54) is 19.1 Å². The monoisotopic (exact) mass is 337 g/mol. The minimum absolute atomic E-state index is 0.0528. The van der Waals surface area contributed by atoms with E-state index in [9.17, 15) is 13.2 Å². The molecule has 0 aliphatic carbocycles. The summed E-state index contributed by atoms with van der Waals surface area (Å²) in [4.78, 5) is 10.3. The molecule has 0 unspecified atom stereocenters. The molecule has 2 rings (SSSR count). The number of carbonyl (C=O) groups is 1.